The van der Waals surface area contributed by atoms with Crippen LogP contribution in [0.15, 0.2) is 0 Å². The first-order valence-electron chi connectivity index (χ1n) is 6.11. The summed E-state index contributed by atoms with van der Waals surface area (Å²) in [4.78, 5) is 0. The SMILES string of the molecule is CCNC(C)c1nnnn1C(C)(CC)CC. The molecule has 0 fully saturated rings. The number of hydrogen-bond acceptors (Lipinski definition) is 4. The van der Waals surface area contributed by atoms with Crippen LogP contribution in [-0.4, -0.2) is 26.8 Å². The minimum atomic E-state index is 0.0164. The summed E-state index contributed by atoms with van der Waals surface area (Å²) < 4.78 is 1.97. The zero-order chi connectivity index (χ0) is 12.2. The van der Waals surface area contributed by atoms with Gasteiger partial charge in [0.15, 0.2) is 5.82 Å². The van der Waals surface area contributed by atoms with E-state index in [-0.39, 0.29) is 11.6 Å². The first kappa shape index (κ1) is 13.1. The van der Waals surface area contributed by atoms with Crippen molar-refractivity contribution >= 4 is 0 Å². The van der Waals surface area contributed by atoms with E-state index in [0.29, 0.717) is 0 Å². The Kier molecular flexibility index (Phi) is 4.41. The third kappa shape index (κ3) is 2.40. The van der Waals surface area contributed by atoms with Crippen LogP contribution < -0.4 is 5.32 Å². The molecule has 0 aliphatic carbocycles. The van der Waals surface area contributed by atoms with Gasteiger partial charge in [-0.1, -0.05) is 20.8 Å². The molecule has 16 heavy (non-hydrogen) atoms. The van der Waals surface area contributed by atoms with Crippen LogP contribution in [0.4, 0.5) is 0 Å². The Balaban J connectivity index is 3.01. The van der Waals surface area contributed by atoms with Crippen molar-refractivity contribution in [3.8, 4) is 0 Å². The average Bonchev–Trinajstić information content (AvgIpc) is 2.78. The fraction of sp³-hybridized carbons (Fsp3) is 0.909. The van der Waals surface area contributed by atoms with Crippen molar-refractivity contribution in [2.75, 3.05) is 6.54 Å². The second-order valence-electron chi connectivity index (χ2n) is 4.43. The minimum absolute atomic E-state index is 0.0164. The quantitative estimate of drug-likeness (QED) is 0.803. The summed E-state index contributed by atoms with van der Waals surface area (Å²) in [6.45, 7) is 11.6. The van der Waals surface area contributed by atoms with Gasteiger partial charge in [-0.25, -0.2) is 4.68 Å². The summed E-state index contributed by atoms with van der Waals surface area (Å²) >= 11 is 0. The maximum absolute atomic E-state index is 4.15. The van der Waals surface area contributed by atoms with Crippen LogP contribution in [-0.2, 0) is 5.54 Å². The molecular weight excluding hydrogens is 202 g/mol. The highest BCUT2D eigenvalue weighted by atomic mass is 15.6. The molecule has 1 atom stereocenters. The normalized spacial score (nSPS) is 14.1. The van der Waals surface area contributed by atoms with Crippen molar-refractivity contribution < 1.29 is 0 Å². The lowest BCUT2D eigenvalue weighted by molar-refractivity contribution is 0.244. The smallest absolute Gasteiger partial charge is 0.168 e. The average molecular weight is 225 g/mol. The summed E-state index contributed by atoms with van der Waals surface area (Å²) in [5, 5.41) is 15.4. The summed E-state index contributed by atoms with van der Waals surface area (Å²) in [5.41, 5.74) is 0.0164. The Morgan fingerprint density at radius 1 is 1.31 bits per heavy atom. The summed E-state index contributed by atoms with van der Waals surface area (Å²) in [5.74, 6) is 0.924. The number of nitrogens with zero attached hydrogens (tertiary/aromatic N) is 4. The van der Waals surface area contributed by atoms with Crippen molar-refractivity contribution in [1.29, 1.82) is 0 Å². The van der Waals surface area contributed by atoms with Crippen LogP contribution >= 0.6 is 0 Å². The van der Waals surface area contributed by atoms with Crippen molar-refractivity contribution in [3.05, 3.63) is 5.82 Å². The van der Waals surface area contributed by atoms with E-state index < -0.39 is 0 Å². The van der Waals surface area contributed by atoms with Gasteiger partial charge >= 0.3 is 0 Å². The number of aromatic nitrogens is 4. The van der Waals surface area contributed by atoms with E-state index in [2.05, 4.69) is 55.5 Å². The van der Waals surface area contributed by atoms with Gasteiger partial charge in [-0.2, -0.15) is 0 Å². The van der Waals surface area contributed by atoms with Gasteiger partial charge in [-0.05, 0) is 43.7 Å². The lowest BCUT2D eigenvalue weighted by Crippen LogP contribution is -2.34. The maximum Gasteiger partial charge on any atom is 0.168 e. The van der Waals surface area contributed by atoms with E-state index in [1.165, 1.54) is 0 Å². The van der Waals surface area contributed by atoms with E-state index in [1.807, 2.05) is 4.68 Å². The molecule has 5 heteroatoms. The molecule has 0 bridgehead atoms. The summed E-state index contributed by atoms with van der Waals surface area (Å²) in [7, 11) is 0. The van der Waals surface area contributed by atoms with Crippen LogP contribution in [0.1, 0.15) is 59.3 Å². The highest BCUT2D eigenvalue weighted by Crippen LogP contribution is 2.25. The molecule has 0 amide bonds. The van der Waals surface area contributed by atoms with Crippen LogP contribution in [0.25, 0.3) is 0 Å². The van der Waals surface area contributed by atoms with Gasteiger partial charge in [0.25, 0.3) is 0 Å². The molecule has 0 saturated carbocycles. The monoisotopic (exact) mass is 225 g/mol. The van der Waals surface area contributed by atoms with E-state index in [9.17, 15) is 0 Å². The van der Waals surface area contributed by atoms with Crippen molar-refractivity contribution in [2.24, 2.45) is 0 Å². The van der Waals surface area contributed by atoms with Crippen molar-refractivity contribution in [1.82, 2.24) is 25.5 Å². The molecule has 0 spiro atoms. The molecule has 1 unspecified atom stereocenters. The molecule has 0 saturated heterocycles. The number of nitrogens with one attached hydrogen (secondary N) is 1. The zero-order valence-electron chi connectivity index (χ0n) is 11.0. The Hall–Kier alpha value is -0.970. The molecule has 1 heterocycles. The Bertz CT molecular complexity index is 316. The lowest BCUT2D eigenvalue weighted by atomic mass is 9.95. The molecule has 92 valence electrons. The van der Waals surface area contributed by atoms with Gasteiger partial charge < -0.3 is 5.32 Å². The lowest BCUT2D eigenvalue weighted by Gasteiger charge is -2.28. The first-order valence-corrected chi connectivity index (χ1v) is 6.11. The fourth-order valence-corrected chi connectivity index (χ4v) is 1.80. The Labute approximate surface area is 97.6 Å². The highest BCUT2D eigenvalue weighted by molar-refractivity contribution is 4.95. The van der Waals surface area contributed by atoms with Gasteiger partial charge in [0.1, 0.15) is 0 Å². The third-order valence-electron chi connectivity index (χ3n) is 3.43. The van der Waals surface area contributed by atoms with Gasteiger partial charge in [0.05, 0.1) is 11.6 Å². The second-order valence-corrected chi connectivity index (χ2v) is 4.43. The molecule has 1 aromatic heterocycles. The van der Waals surface area contributed by atoms with Gasteiger partial charge in [0.2, 0.25) is 0 Å². The number of tetrazole rings is 1. The third-order valence-corrected chi connectivity index (χ3v) is 3.43. The Morgan fingerprint density at radius 2 is 1.94 bits per heavy atom. The van der Waals surface area contributed by atoms with E-state index in [0.717, 1.165) is 25.2 Å². The maximum atomic E-state index is 4.15. The van der Waals surface area contributed by atoms with Crippen LogP contribution in [0.5, 0.6) is 0 Å². The largest absolute Gasteiger partial charge is 0.308 e. The molecule has 1 N–H and O–H groups in total. The van der Waals surface area contributed by atoms with Gasteiger partial charge in [-0.15, -0.1) is 5.10 Å². The van der Waals surface area contributed by atoms with Gasteiger partial charge in [-0.3, -0.25) is 0 Å². The minimum Gasteiger partial charge on any atom is -0.308 e. The number of rotatable bonds is 6. The topological polar surface area (TPSA) is 55.6 Å². The molecule has 0 aliphatic rings. The second kappa shape index (κ2) is 5.39. The summed E-state index contributed by atoms with van der Waals surface area (Å²) in [6.07, 6.45) is 2.06. The van der Waals surface area contributed by atoms with Gasteiger partial charge in [0, 0.05) is 0 Å². The molecule has 0 aliphatic heterocycles. The van der Waals surface area contributed by atoms with Crippen LogP contribution in [0.2, 0.25) is 0 Å². The first-order chi connectivity index (χ1) is 7.59. The van der Waals surface area contributed by atoms with Crippen LogP contribution in [0, 0.1) is 0 Å². The molecule has 1 rings (SSSR count). The predicted molar refractivity (Wildman–Crippen MR) is 64.1 cm³/mol. The van der Waals surface area contributed by atoms with Crippen molar-refractivity contribution in [3.63, 3.8) is 0 Å². The standard InChI is InChI=1S/C11H23N5/c1-6-11(5,7-2)16-10(13-14-15-16)9(4)12-8-3/h9,12H,6-8H2,1-5H3. The number of hydrogen-bond donors (Lipinski definition) is 1. The highest BCUT2D eigenvalue weighted by Gasteiger charge is 2.28. The van der Waals surface area contributed by atoms with Crippen molar-refractivity contribution in [2.45, 2.75) is 59.0 Å². The summed E-state index contributed by atoms with van der Waals surface area (Å²) in [6, 6.07) is 0.192. The molecular formula is C11H23N5. The van der Waals surface area contributed by atoms with E-state index in [1.54, 1.807) is 0 Å². The Morgan fingerprint density at radius 3 is 2.44 bits per heavy atom. The van der Waals surface area contributed by atoms with E-state index in [4.69, 9.17) is 0 Å². The molecule has 5 nitrogen and oxygen atoms in total. The van der Waals surface area contributed by atoms with E-state index >= 15 is 0 Å². The fourth-order valence-electron chi connectivity index (χ4n) is 1.80. The zero-order valence-corrected chi connectivity index (χ0v) is 11.0. The predicted octanol–water partition coefficient (Wildman–Crippen LogP) is 1.88. The molecule has 0 radical (unpaired) electrons. The molecule has 1 aromatic rings. The van der Waals surface area contributed by atoms with Crippen LogP contribution in [0.3, 0.4) is 0 Å². The molecule has 0 aromatic carbocycles.